The van der Waals surface area contributed by atoms with Crippen LogP contribution in [0.1, 0.15) is 56.3 Å². The van der Waals surface area contributed by atoms with Gasteiger partial charge >= 0.3 is 0 Å². The lowest BCUT2D eigenvalue weighted by molar-refractivity contribution is 0.273. The second-order valence-electron chi connectivity index (χ2n) is 5.11. The van der Waals surface area contributed by atoms with Gasteiger partial charge < -0.3 is 5.32 Å². The molecule has 0 aliphatic heterocycles. The Balaban J connectivity index is 2.18. The fourth-order valence-corrected chi connectivity index (χ4v) is 3.04. The van der Waals surface area contributed by atoms with Crippen molar-refractivity contribution in [3.05, 3.63) is 29.6 Å². The largest absolute Gasteiger partial charge is 0.310 e. The van der Waals surface area contributed by atoms with Crippen LogP contribution in [0.15, 0.2) is 18.3 Å². The van der Waals surface area contributed by atoms with Gasteiger partial charge in [-0.25, -0.2) is 0 Å². The number of nitrogens with one attached hydrogen (secondary N) is 1. The molecule has 1 N–H and O–H groups in total. The quantitative estimate of drug-likeness (QED) is 0.857. The molecule has 1 fully saturated rings. The van der Waals surface area contributed by atoms with E-state index in [4.69, 9.17) is 0 Å². The van der Waals surface area contributed by atoms with Crippen LogP contribution in [-0.2, 0) is 0 Å². The number of aryl methyl sites for hydroxylation is 1. The third kappa shape index (κ3) is 3.06. The summed E-state index contributed by atoms with van der Waals surface area (Å²) in [6.07, 6.45) is 8.83. The molecule has 1 aromatic heterocycles. The maximum absolute atomic E-state index is 4.44. The van der Waals surface area contributed by atoms with Gasteiger partial charge in [0.2, 0.25) is 0 Å². The fraction of sp³-hybridized carbons (Fsp3) is 0.667. The zero-order valence-corrected chi connectivity index (χ0v) is 11.1. The van der Waals surface area contributed by atoms with Gasteiger partial charge in [0.25, 0.3) is 0 Å². The Kier molecular flexibility index (Phi) is 4.55. The van der Waals surface area contributed by atoms with Gasteiger partial charge in [-0.2, -0.15) is 0 Å². The fourth-order valence-electron chi connectivity index (χ4n) is 3.04. The van der Waals surface area contributed by atoms with Crippen LogP contribution in [0.2, 0.25) is 0 Å². The van der Waals surface area contributed by atoms with Crippen molar-refractivity contribution >= 4 is 0 Å². The highest BCUT2D eigenvalue weighted by Crippen LogP contribution is 2.35. The van der Waals surface area contributed by atoms with Crippen LogP contribution in [0.3, 0.4) is 0 Å². The van der Waals surface area contributed by atoms with E-state index in [0.717, 1.165) is 12.5 Å². The molecule has 0 saturated heterocycles. The Morgan fingerprint density at radius 1 is 1.35 bits per heavy atom. The minimum Gasteiger partial charge on any atom is -0.310 e. The first kappa shape index (κ1) is 12.6. The summed E-state index contributed by atoms with van der Waals surface area (Å²) in [6.45, 7) is 5.36. The van der Waals surface area contributed by atoms with Crippen molar-refractivity contribution in [2.45, 2.75) is 52.0 Å². The summed E-state index contributed by atoms with van der Waals surface area (Å²) in [5.74, 6) is 0.798. The van der Waals surface area contributed by atoms with Crippen LogP contribution in [0.4, 0.5) is 0 Å². The van der Waals surface area contributed by atoms with E-state index >= 15 is 0 Å². The van der Waals surface area contributed by atoms with Crippen molar-refractivity contribution in [2.24, 2.45) is 5.92 Å². The molecule has 17 heavy (non-hydrogen) atoms. The first-order valence-electron chi connectivity index (χ1n) is 6.97. The van der Waals surface area contributed by atoms with Crippen molar-refractivity contribution < 1.29 is 0 Å². The van der Waals surface area contributed by atoms with Crippen LogP contribution < -0.4 is 5.32 Å². The van der Waals surface area contributed by atoms with Crippen molar-refractivity contribution in [1.29, 1.82) is 0 Å². The maximum Gasteiger partial charge on any atom is 0.0420 e. The molecule has 1 aliphatic rings. The molecule has 1 unspecified atom stereocenters. The molecule has 2 heteroatoms. The standard InChI is InChI=1S/C15H24N2/c1-3-16-15(13-8-5-4-6-9-13)14-10-7-11-17-12(14)2/h7,10-11,13,15-16H,3-6,8-9H2,1-2H3. The molecule has 0 amide bonds. The monoisotopic (exact) mass is 232 g/mol. The number of hydrogen-bond acceptors (Lipinski definition) is 2. The SMILES string of the molecule is CCNC(c1cccnc1C)C1CCCCC1. The summed E-state index contributed by atoms with van der Waals surface area (Å²) in [7, 11) is 0. The lowest BCUT2D eigenvalue weighted by atomic mass is 9.81. The summed E-state index contributed by atoms with van der Waals surface area (Å²) >= 11 is 0. The zero-order valence-electron chi connectivity index (χ0n) is 11.1. The Bertz CT molecular complexity index is 343. The molecule has 1 heterocycles. The summed E-state index contributed by atoms with van der Waals surface area (Å²) in [5, 5.41) is 3.67. The van der Waals surface area contributed by atoms with Crippen LogP contribution >= 0.6 is 0 Å². The molecular weight excluding hydrogens is 208 g/mol. The third-order valence-electron chi connectivity index (χ3n) is 3.93. The Morgan fingerprint density at radius 3 is 2.76 bits per heavy atom. The van der Waals surface area contributed by atoms with Gasteiger partial charge in [0.05, 0.1) is 0 Å². The number of rotatable bonds is 4. The van der Waals surface area contributed by atoms with Gasteiger partial charge in [-0.05, 0) is 43.9 Å². The Hall–Kier alpha value is -0.890. The van der Waals surface area contributed by atoms with Crippen LogP contribution in [0, 0.1) is 12.8 Å². The van der Waals surface area contributed by atoms with Crippen molar-refractivity contribution in [2.75, 3.05) is 6.54 Å². The molecule has 1 aromatic rings. The Morgan fingerprint density at radius 2 is 2.12 bits per heavy atom. The van der Waals surface area contributed by atoms with Crippen LogP contribution in [-0.4, -0.2) is 11.5 Å². The van der Waals surface area contributed by atoms with Crippen LogP contribution in [0.25, 0.3) is 0 Å². The lowest BCUT2D eigenvalue weighted by Gasteiger charge is -2.31. The highest BCUT2D eigenvalue weighted by Gasteiger charge is 2.25. The molecule has 1 atom stereocenters. The molecule has 2 nitrogen and oxygen atoms in total. The van der Waals surface area contributed by atoms with Crippen molar-refractivity contribution in [3.8, 4) is 0 Å². The number of aromatic nitrogens is 1. The van der Waals surface area contributed by atoms with Gasteiger partial charge in [-0.15, -0.1) is 0 Å². The first-order chi connectivity index (χ1) is 8.33. The van der Waals surface area contributed by atoms with Crippen LogP contribution in [0.5, 0.6) is 0 Å². The molecule has 0 aromatic carbocycles. The second kappa shape index (κ2) is 6.15. The van der Waals surface area contributed by atoms with E-state index in [1.807, 2.05) is 6.20 Å². The zero-order chi connectivity index (χ0) is 12.1. The molecule has 0 bridgehead atoms. The molecule has 94 valence electrons. The summed E-state index contributed by atoms with van der Waals surface area (Å²) < 4.78 is 0. The van der Waals surface area contributed by atoms with Crippen molar-refractivity contribution in [1.82, 2.24) is 10.3 Å². The van der Waals surface area contributed by atoms with E-state index in [0.29, 0.717) is 6.04 Å². The molecule has 0 radical (unpaired) electrons. The number of pyridine rings is 1. The highest BCUT2D eigenvalue weighted by molar-refractivity contribution is 5.23. The van der Waals surface area contributed by atoms with Gasteiger partial charge in [0, 0.05) is 17.9 Å². The molecule has 1 aliphatic carbocycles. The molecule has 2 rings (SSSR count). The summed E-state index contributed by atoms with van der Waals surface area (Å²) in [6, 6.07) is 4.81. The van der Waals surface area contributed by atoms with Gasteiger partial charge in [0.1, 0.15) is 0 Å². The lowest BCUT2D eigenvalue weighted by Crippen LogP contribution is -2.30. The topological polar surface area (TPSA) is 24.9 Å². The predicted molar refractivity (Wildman–Crippen MR) is 72.0 cm³/mol. The maximum atomic E-state index is 4.44. The molecule has 1 saturated carbocycles. The number of hydrogen-bond donors (Lipinski definition) is 1. The summed E-state index contributed by atoms with van der Waals surface area (Å²) in [4.78, 5) is 4.44. The van der Waals surface area contributed by atoms with Gasteiger partial charge in [0.15, 0.2) is 0 Å². The van der Waals surface area contributed by atoms with E-state index in [1.54, 1.807) is 0 Å². The normalized spacial score (nSPS) is 19.2. The van der Waals surface area contributed by atoms with E-state index < -0.39 is 0 Å². The average molecular weight is 232 g/mol. The van der Waals surface area contributed by atoms with E-state index in [9.17, 15) is 0 Å². The first-order valence-corrected chi connectivity index (χ1v) is 6.97. The van der Waals surface area contributed by atoms with Gasteiger partial charge in [-0.3, -0.25) is 4.98 Å². The van der Waals surface area contributed by atoms with E-state index in [-0.39, 0.29) is 0 Å². The number of nitrogens with zero attached hydrogens (tertiary/aromatic N) is 1. The average Bonchev–Trinajstić information content (AvgIpc) is 2.38. The second-order valence-corrected chi connectivity index (χ2v) is 5.11. The predicted octanol–water partition coefficient (Wildman–Crippen LogP) is 3.62. The molecular formula is C15H24N2. The smallest absolute Gasteiger partial charge is 0.0420 e. The minimum absolute atomic E-state index is 0.508. The van der Waals surface area contributed by atoms with E-state index in [2.05, 4.69) is 36.3 Å². The summed E-state index contributed by atoms with van der Waals surface area (Å²) in [5.41, 5.74) is 2.59. The van der Waals surface area contributed by atoms with Gasteiger partial charge in [-0.1, -0.05) is 32.3 Å². The Labute approximate surface area is 105 Å². The highest BCUT2D eigenvalue weighted by atomic mass is 14.9. The van der Waals surface area contributed by atoms with E-state index in [1.165, 1.54) is 43.4 Å². The van der Waals surface area contributed by atoms with Crippen molar-refractivity contribution in [3.63, 3.8) is 0 Å². The molecule has 0 spiro atoms. The minimum atomic E-state index is 0.508. The third-order valence-corrected chi connectivity index (χ3v) is 3.93.